The van der Waals surface area contributed by atoms with Crippen LogP contribution in [-0.4, -0.2) is 23.3 Å². The zero-order chi connectivity index (χ0) is 49.1. The molecule has 2 aliphatic heterocycles. The van der Waals surface area contributed by atoms with E-state index in [0.717, 1.165) is 34.1 Å². The molecular weight excluding hydrogens is 862 g/mol. The summed E-state index contributed by atoms with van der Waals surface area (Å²) < 4.78 is 50.9. The maximum absolute atomic E-state index is 14.1. The third-order valence-corrected chi connectivity index (χ3v) is 15.0. The van der Waals surface area contributed by atoms with Gasteiger partial charge in [0.15, 0.2) is 0 Å². The highest BCUT2D eigenvalue weighted by Gasteiger charge is 2.57. The minimum atomic E-state index is -4.52. The fourth-order valence-electron chi connectivity index (χ4n) is 11.6. The molecule has 6 aromatic carbocycles. The molecule has 0 unspecified atom stereocenters. The first-order valence-electron chi connectivity index (χ1n) is 24.2. The molecule has 0 atom stereocenters. The second kappa shape index (κ2) is 14.5. The molecule has 0 bridgehead atoms. The zero-order valence-corrected chi connectivity index (χ0v) is 42.1. The second-order valence-electron chi connectivity index (χ2n) is 23.8. The van der Waals surface area contributed by atoms with Gasteiger partial charge in [-0.1, -0.05) is 144 Å². The van der Waals surface area contributed by atoms with Gasteiger partial charge in [-0.15, -0.1) is 0 Å². The van der Waals surface area contributed by atoms with E-state index in [1.54, 1.807) is 4.57 Å². The van der Waals surface area contributed by atoms with Gasteiger partial charge in [-0.05, 0) is 120 Å². The summed E-state index contributed by atoms with van der Waals surface area (Å²) in [5, 5.41) is 1.80. The van der Waals surface area contributed by atoms with Gasteiger partial charge >= 0.3 is 6.18 Å². The van der Waals surface area contributed by atoms with Crippen LogP contribution in [-0.2, 0) is 33.3 Å². The minimum absolute atomic E-state index is 0.0926. The van der Waals surface area contributed by atoms with E-state index in [4.69, 9.17) is 4.74 Å². The summed E-state index contributed by atoms with van der Waals surface area (Å²) in [6, 6.07) is 39.3. The number of para-hydroxylation sites is 2. The van der Waals surface area contributed by atoms with Crippen LogP contribution in [0.5, 0.6) is 11.5 Å². The smallest absolute Gasteiger partial charge is 0.416 e. The first-order valence-corrected chi connectivity index (χ1v) is 24.2. The average Bonchev–Trinajstić information content (AvgIpc) is 3.89. The Morgan fingerprint density at radius 2 is 1.13 bits per heavy atom. The van der Waals surface area contributed by atoms with E-state index >= 15 is 0 Å². The Labute approximate surface area is 404 Å². The Morgan fingerprint density at radius 3 is 1.74 bits per heavy atom. The van der Waals surface area contributed by atoms with E-state index in [-0.39, 0.29) is 27.5 Å². The van der Waals surface area contributed by atoms with Crippen molar-refractivity contribution in [2.24, 2.45) is 0 Å². The lowest BCUT2D eigenvalue weighted by molar-refractivity contribution is -0.137. The zero-order valence-electron chi connectivity index (χ0n) is 42.1. The fourth-order valence-corrected chi connectivity index (χ4v) is 11.6. The van der Waals surface area contributed by atoms with Crippen molar-refractivity contribution in [3.05, 3.63) is 172 Å². The molecule has 2 aromatic heterocycles. The molecule has 0 fully saturated rings. The average molecular weight is 923 g/mol. The van der Waals surface area contributed by atoms with E-state index < -0.39 is 17.2 Å². The van der Waals surface area contributed by atoms with Gasteiger partial charge in [0.1, 0.15) is 17.3 Å². The Kier molecular flexibility index (Phi) is 9.45. The Hall–Kier alpha value is -6.54. The van der Waals surface area contributed by atoms with E-state index in [1.807, 2.05) is 42.5 Å². The third kappa shape index (κ3) is 6.67. The van der Waals surface area contributed by atoms with E-state index in [2.05, 4.69) is 166 Å². The number of hydrogen-bond donors (Lipinski definition) is 0. The number of ether oxygens (including phenoxy) is 1. The van der Waals surface area contributed by atoms with Crippen LogP contribution in [0.25, 0.3) is 38.8 Å². The normalized spacial score (nSPS) is 15.2. The predicted octanol–water partition coefficient (Wildman–Crippen LogP) is 16.4. The number of alkyl halides is 3. The largest absolute Gasteiger partial charge is 0.457 e. The number of nitrogens with zero attached hydrogens (tertiary/aromatic N) is 4. The summed E-state index contributed by atoms with van der Waals surface area (Å²) in [4.78, 5) is 9.28. The lowest BCUT2D eigenvalue weighted by Crippen LogP contribution is -2.40. The molecule has 352 valence electrons. The van der Waals surface area contributed by atoms with E-state index in [1.165, 1.54) is 73.2 Å². The Balaban J connectivity index is 1.19. The van der Waals surface area contributed by atoms with Crippen LogP contribution >= 0.6 is 0 Å². The van der Waals surface area contributed by atoms with Crippen LogP contribution in [0.2, 0.25) is 0 Å². The number of fused-ring (bicyclic) bond motifs is 12. The topological polar surface area (TPSA) is 33.5 Å². The van der Waals surface area contributed by atoms with E-state index in [0.29, 0.717) is 23.7 Å². The van der Waals surface area contributed by atoms with Gasteiger partial charge in [0, 0.05) is 36.1 Å². The third-order valence-electron chi connectivity index (χ3n) is 15.0. The molecule has 8 heteroatoms. The summed E-state index contributed by atoms with van der Waals surface area (Å²) in [5.74, 6) is 1.41. The molecular formula is C61H61F3N4O. The van der Waals surface area contributed by atoms with Gasteiger partial charge in [0.2, 0.25) is 0 Å². The molecule has 1 spiro atoms. The van der Waals surface area contributed by atoms with Gasteiger partial charge in [-0.3, -0.25) is 4.57 Å². The number of hydrogen-bond acceptors (Lipinski definition) is 4. The molecule has 0 radical (unpaired) electrons. The molecule has 5 nitrogen and oxygen atoms in total. The molecule has 0 amide bonds. The van der Waals surface area contributed by atoms with E-state index in [9.17, 15) is 13.2 Å². The van der Waals surface area contributed by atoms with Crippen LogP contribution in [0.3, 0.4) is 0 Å². The monoisotopic (exact) mass is 922 g/mol. The molecule has 1 aliphatic carbocycles. The van der Waals surface area contributed by atoms with Gasteiger partial charge in [-0.2, -0.15) is 13.2 Å². The number of benzene rings is 6. The lowest BCUT2D eigenvalue weighted by Gasteiger charge is -2.46. The summed E-state index contributed by atoms with van der Waals surface area (Å²) in [6.07, 6.45) is -3.29. The molecule has 69 heavy (non-hydrogen) atoms. The maximum Gasteiger partial charge on any atom is 0.416 e. The Morgan fingerprint density at radius 1 is 0.536 bits per heavy atom. The number of halogens is 3. The number of pyridine rings is 1. The highest BCUT2D eigenvalue weighted by atomic mass is 19.4. The van der Waals surface area contributed by atoms with Gasteiger partial charge in [0.05, 0.1) is 45.7 Å². The molecule has 4 heterocycles. The van der Waals surface area contributed by atoms with Crippen molar-refractivity contribution in [1.82, 2.24) is 9.55 Å². The first-order chi connectivity index (χ1) is 32.3. The van der Waals surface area contributed by atoms with Gasteiger partial charge < -0.3 is 14.5 Å². The van der Waals surface area contributed by atoms with Gasteiger partial charge in [0.25, 0.3) is 0 Å². The van der Waals surface area contributed by atoms with Crippen molar-refractivity contribution >= 4 is 38.9 Å². The van der Waals surface area contributed by atoms with Crippen molar-refractivity contribution in [2.75, 3.05) is 23.5 Å². The maximum atomic E-state index is 14.1. The fraction of sp³-hybridized carbons (Fsp3) is 0.328. The van der Waals surface area contributed by atoms with Crippen LogP contribution in [0.4, 0.5) is 30.2 Å². The lowest BCUT2D eigenvalue weighted by atomic mass is 9.59. The van der Waals surface area contributed by atoms with Crippen molar-refractivity contribution in [2.45, 2.75) is 116 Å². The van der Waals surface area contributed by atoms with Crippen LogP contribution in [0, 0.1) is 0 Å². The summed E-state index contributed by atoms with van der Waals surface area (Å²) >= 11 is 0. The summed E-state index contributed by atoms with van der Waals surface area (Å²) in [7, 11) is 2.18. The van der Waals surface area contributed by atoms with Crippen LogP contribution in [0.15, 0.2) is 121 Å². The predicted molar refractivity (Wildman–Crippen MR) is 278 cm³/mol. The molecule has 0 saturated carbocycles. The number of aromatic nitrogens is 2. The number of anilines is 3. The van der Waals surface area contributed by atoms with Crippen LogP contribution in [0.1, 0.15) is 133 Å². The van der Waals surface area contributed by atoms with Gasteiger partial charge in [-0.25, -0.2) is 4.98 Å². The molecule has 3 aliphatic rings. The SMILES string of the molecule is CN1CN2c3cc(Oc4ccc5c6ccccc6n(-c6cc(C(F)(F)F)ccn6)c5c4)ccc3C3(c4cccc1c42)c1c(cc(C(C)(C)C)cc1C(C)(C)C)-c1cc(C(C)(C)C)cc(C(C)(C)C)c13. The second-order valence-corrected chi connectivity index (χ2v) is 23.8. The number of rotatable bonds is 3. The van der Waals surface area contributed by atoms with Crippen LogP contribution < -0.4 is 14.5 Å². The first kappa shape index (κ1) is 44.9. The molecule has 0 saturated heterocycles. The van der Waals surface area contributed by atoms with Crippen molar-refractivity contribution in [1.29, 1.82) is 0 Å². The van der Waals surface area contributed by atoms with Crippen molar-refractivity contribution < 1.29 is 17.9 Å². The van der Waals surface area contributed by atoms with Crippen molar-refractivity contribution in [3.63, 3.8) is 0 Å². The quantitative estimate of drug-likeness (QED) is 0.177. The standard InChI is InChI=1S/C61H61F3N4O/c1-56(2,3)36-27-42-43-28-37(57(4,5)6)30-47(59(10,11)12)54(43)60(53(42)46(29-36)58(7,8)9)44-24-22-39(33-51(44)67-34-66(13)49-20-16-18-45(60)55(49)67)69-38-21-23-41-40-17-14-15-19-48(40)68(50(41)32-38)52-31-35(25-26-65-52)61(62,63)64/h14-33H,34H2,1-13H3. The molecule has 11 rings (SSSR count). The summed E-state index contributed by atoms with van der Waals surface area (Å²) in [5.41, 5.74) is 16.0. The summed E-state index contributed by atoms with van der Waals surface area (Å²) in [6.45, 7) is 28.8. The highest BCUT2D eigenvalue weighted by molar-refractivity contribution is 6.09. The highest BCUT2D eigenvalue weighted by Crippen LogP contribution is 2.68. The molecule has 8 aromatic rings. The Bertz CT molecular complexity index is 3380. The van der Waals surface area contributed by atoms with Crippen molar-refractivity contribution in [3.8, 4) is 28.4 Å². The molecule has 0 N–H and O–H groups in total. The minimum Gasteiger partial charge on any atom is -0.457 e.